The number of aromatic hydroxyl groups is 1. The number of aliphatic hydroxyl groups is 2. The van der Waals surface area contributed by atoms with Gasteiger partial charge in [-0.2, -0.15) is 0 Å². The molecule has 0 radical (unpaired) electrons. The first-order valence-electron chi connectivity index (χ1n) is 16.5. The number of ketones is 2. The Balaban J connectivity index is 1.45. The third-order valence-electron chi connectivity index (χ3n) is 9.91. The van der Waals surface area contributed by atoms with Gasteiger partial charge in [0.2, 0.25) is 0 Å². The first-order valence-corrected chi connectivity index (χ1v) is 16.5. The van der Waals surface area contributed by atoms with Gasteiger partial charge in [0.05, 0.1) is 37.5 Å². The molecule has 15 nitrogen and oxygen atoms in total. The molecule has 1 aliphatic heterocycles. The lowest BCUT2D eigenvalue weighted by Gasteiger charge is -2.44. The van der Waals surface area contributed by atoms with Crippen molar-refractivity contribution >= 4 is 29.4 Å². The summed E-state index contributed by atoms with van der Waals surface area (Å²) in [6.07, 6.45) is -5.63. The van der Waals surface area contributed by atoms with Crippen LogP contribution in [0.4, 0.5) is 0 Å². The van der Waals surface area contributed by atoms with Gasteiger partial charge in [-0.05, 0) is 79.9 Å². The number of phenols is 1. The highest BCUT2D eigenvalue weighted by Crippen LogP contribution is 2.50. The predicted molar refractivity (Wildman–Crippen MR) is 181 cm³/mol. The van der Waals surface area contributed by atoms with Crippen molar-refractivity contribution in [2.45, 2.75) is 70.0 Å². The molecule has 3 aromatic carbocycles. The van der Waals surface area contributed by atoms with Crippen LogP contribution in [0, 0.1) is 6.92 Å². The number of carbonyl (C=O) groups excluding carboxylic acids is 3. The summed E-state index contributed by atoms with van der Waals surface area (Å²) < 4.78 is 17.7. The number of rotatable bonds is 9. The van der Waals surface area contributed by atoms with Crippen molar-refractivity contribution in [1.82, 2.24) is 10.2 Å². The summed E-state index contributed by atoms with van der Waals surface area (Å²) in [5, 5.41) is 54.8. The Bertz CT molecular complexity index is 2010. The van der Waals surface area contributed by atoms with E-state index in [1.807, 2.05) is 0 Å². The SMILES string of the molecule is COc1cc(O)c2c(c1)C(=O)c1cc3c(cc1C2=O)[C@H](O)[C@@H](O[C@H]1C[C@@H](O)[C@@H](N(C)CC(=O)O)[C@@H](C)O1)c1cc(C)c(C(=O)NC(C)C(=O)O)cc1-3. The number of nitrogens with zero attached hydrogens (tertiary/aromatic N) is 1. The number of methoxy groups -OCH3 is 1. The van der Waals surface area contributed by atoms with Crippen LogP contribution in [0.15, 0.2) is 36.4 Å². The Morgan fingerprint density at radius 2 is 1.63 bits per heavy atom. The first kappa shape index (κ1) is 36.6. The molecule has 274 valence electrons. The van der Waals surface area contributed by atoms with E-state index in [4.69, 9.17) is 14.2 Å². The van der Waals surface area contributed by atoms with Gasteiger partial charge in [0.1, 0.15) is 29.7 Å². The van der Waals surface area contributed by atoms with Gasteiger partial charge >= 0.3 is 11.9 Å². The number of amides is 1. The second-order valence-corrected chi connectivity index (χ2v) is 13.4. The largest absolute Gasteiger partial charge is 0.507 e. The van der Waals surface area contributed by atoms with Crippen LogP contribution >= 0.6 is 0 Å². The number of hydrogen-bond acceptors (Lipinski definition) is 12. The smallest absolute Gasteiger partial charge is 0.325 e. The van der Waals surface area contributed by atoms with Crippen LogP contribution in [-0.2, 0) is 19.1 Å². The number of carboxylic acids is 2. The van der Waals surface area contributed by atoms with Gasteiger partial charge in [0.25, 0.3) is 5.91 Å². The van der Waals surface area contributed by atoms with E-state index in [0.29, 0.717) is 22.3 Å². The lowest BCUT2D eigenvalue weighted by molar-refractivity contribution is -0.261. The number of nitrogens with one attached hydrogen (secondary N) is 1. The number of hydrogen-bond donors (Lipinski definition) is 6. The third kappa shape index (κ3) is 6.30. The minimum Gasteiger partial charge on any atom is -0.507 e. The molecule has 2 aliphatic carbocycles. The normalized spacial score (nSPS) is 23.9. The minimum atomic E-state index is -1.48. The fourth-order valence-electron chi connectivity index (χ4n) is 7.39. The maximum Gasteiger partial charge on any atom is 0.325 e. The number of aliphatic hydroxyl groups excluding tert-OH is 2. The molecule has 1 fully saturated rings. The maximum atomic E-state index is 13.9. The van der Waals surface area contributed by atoms with E-state index in [9.17, 15) is 49.5 Å². The highest BCUT2D eigenvalue weighted by atomic mass is 16.7. The van der Waals surface area contributed by atoms with Gasteiger partial charge in [-0.25, -0.2) is 0 Å². The second-order valence-electron chi connectivity index (χ2n) is 13.4. The van der Waals surface area contributed by atoms with Gasteiger partial charge in [-0.1, -0.05) is 6.07 Å². The number of benzene rings is 3. The summed E-state index contributed by atoms with van der Waals surface area (Å²) in [6, 6.07) is 6.56. The van der Waals surface area contributed by atoms with Gasteiger partial charge in [-0.15, -0.1) is 0 Å². The number of ether oxygens (including phenoxy) is 3. The number of likely N-dealkylation sites (N-methyl/N-ethyl adjacent to an activating group) is 1. The van der Waals surface area contributed by atoms with E-state index in [1.54, 1.807) is 27.0 Å². The van der Waals surface area contributed by atoms with Crippen molar-refractivity contribution in [3.63, 3.8) is 0 Å². The average Bonchev–Trinajstić information content (AvgIpc) is 3.07. The number of aryl methyl sites for hydroxylation is 1. The Kier molecular flexibility index (Phi) is 9.67. The van der Waals surface area contributed by atoms with E-state index < -0.39 is 78.0 Å². The van der Waals surface area contributed by atoms with E-state index in [1.165, 1.54) is 49.3 Å². The molecule has 0 bridgehead atoms. The van der Waals surface area contributed by atoms with Crippen LogP contribution in [0.3, 0.4) is 0 Å². The summed E-state index contributed by atoms with van der Waals surface area (Å²) in [6.45, 7) is 4.26. The van der Waals surface area contributed by atoms with Crippen LogP contribution in [0.5, 0.6) is 11.5 Å². The Labute approximate surface area is 297 Å². The zero-order valence-corrected chi connectivity index (χ0v) is 28.9. The van der Waals surface area contributed by atoms with Gasteiger partial charge in [0.15, 0.2) is 17.9 Å². The highest BCUT2D eigenvalue weighted by Gasteiger charge is 2.44. The van der Waals surface area contributed by atoms with E-state index in [0.717, 1.165) is 0 Å². The lowest BCUT2D eigenvalue weighted by atomic mass is 9.75. The standard InChI is InChI=1S/C37H38N2O13/c1-14-6-24-20(9-18(14)36(47)38-15(2)37(48)49)19-10-22-23(33(45)30-25(32(22)44)7-17(50-5)8-26(30)40)11-21(19)34(46)35(24)52-29-12-27(41)31(16(3)51-29)39(4)13-28(42)43/h6-11,15-16,27,29,31,34-35,40-41,46H,12-13H2,1-5H3,(H,38,47)(H,42,43)(H,48,49)/t15?,16-,27-,29+,31+,34+,35+/m1/s1. The first-order chi connectivity index (χ1) is 24.5. The van der Waals surface area contributed by atoms with Gasteiger partial charge < -0.3 is 45.1 Å². The van der Waals surface area contributed by atoms with Crippen LogP contribution in [0.1, 0.15) is 91.4 Å². The number of phenolic OH excluding ortho intramolecular Hbond substituents is 1. The van der Waals surface area contributed by atoms with Crippen LogP contribution < -0.4 is 10.1 Å². The van der Waals surface area contributed by atoms with Gasteiger partial charge in [0, 0.05) is 34.7 Å². The van der Waals surface area contributed by atoms with Crippen LogP contribution in [0.2, 0.25) is 0 Å². The maximum absolute atomic E-state index is 13.9. The van der Waals surface area contributed by atoms with E-state index in [-0.39, 0.29) is 52.1 Å². The molecule has 1 amide bonds. The molecule has 1 unspecified atom stereocenters. The average molecular weight is 719 g/mol. The monoisotopic (exact) mass is 718 g/mol. The van der Waals surface area contributed by atoms with Crippen molar-refractivity contribution in [3.8, 4) is 22.6 Å². The molecule has 0 spiro atoms. The van der Waals surface area contributed by atoms with Crippen molar-refractivity contribution in [2.75, 3.05) is 20.7 Å². The number of carboxylic acid groups (broad SMARTS) is 2. The van der Waals surface area contributed by atoms with Crippen LogP contribution in [-0.4, -0.2) is 111 Å². The Morgan fingerprint density at radius 1 is 0.962 bits per heavy atom. The fraction of sp³-hybridized carbons (Fsp3) is 0.378. The summed E-state index contributed by atoms with van der Waals surface area (Å²) >= 11 is 0. The Morgan fingerprint density at radius 3 is 2.27 bits per heavy atom. The van der Waals surface area contributed by atoms with Gasteiger partial charge in [-0.3, -0.25) is 28.9 Å². The topological polar surface area (TPSA) is 229 Å². The van der Waals surface area contributed by atoms with E-state index in [2.05, 4.69) is 5.32 Å². The van der Waals surface area contributed by atoms with Crippen molar-refractivity contribution in [1.29, 1.82) is 0 Å². The fourth-order valence-corrected chi connectivity index (χ4v) is 7.39. The summed E-state index contributed by atoms with van der Waals surface area (Å²) in [4.78, 5) is 65.4. The molecular weight excluding hydrogens is 680 g/mol. The van der Waals surface area contributed by atoms with Crippen molar-refractivity contribution in [2.24, 2.45) is 0 Å². The number of fused-ring (bicyclic) bond motifs is 5. The molecular formula is C37H38N2O13. The quantitative estimate of drug-likeness (QED) is 0.146. The van der Waals surface area contributed by atoms with Crippen LogP contribution in [0.25, 0.3) is 11.1 Å². The zero-order chi connectivity index (χ0) is 37.9. The summed E-state index contributed by atoms with van der Waals surface area (Å²) in [7, 11) is 2.90. The lowest BCUT2D eigenvalue weighted by Crippen LogP contribution is -2.56. The molecule has 7 atom stereocenters. The zero-order valence-electron chi connectivity index (χ0n) is 28.9. The second kappa shape index (κ2) is 13.7. The Hall–Kier alpha value is -5.19. The molecule has 6 rings (SSSR count). The molecule has 1 saturated heterocycles. The minimum absolute atomic E-state index is 0.0171. The molecule has 0 aromatic heterocycles. The molecule has 3 aliphatic rings. The van der Waals surface area contributed by atoms with Crippen molar-refractivity contribution in [3.05, 3.63) is 80.9 Å². The van der Waals surface area contributed by atoms with E-state index >= 15 is 0 Å². The number of aliphatic carboxylic acids is 2. The number of carbonyl (C=O) groups is 5. The molecule has 52 heavy (non-hydrogen) atoms. The molecule has 15 heteroatoms. The summed E-state index contributed by atoms with van der Waals surface area (Å²) in [5.74, 6) is -4.57. The predicted octanol–water partition coefficient (Wildman–Crippen LogP) is 2.34. The third-order valence-corrected chi connectivity index (χ3v) is 9.91. The molecule has 0 saturated carbocycles. The molecule has 6 N–H and O–H groups in total. The highest BCUT2D eigenvalue weighted by molar-refractivity contribution is 6.30. The molecule has 1 heterocycles. The summed E-state index contributed by atoms with van der Waals surface area (Å²) in [5.41, 5.74) is 1.30. The molecule has 3 aromatic rings. The van der Waals surface area contributed by atoms with Crippen molar-refractivity contribution < 1.29 is 63.7 Å².